The summed E-state index contributed by atoms with van der Waals surface area (Å²) in [5.41, 5.74) is 0.121. The fourth-order valence-electron chi connectivity index (χ4n) is 2.44. The molecule has 0 aliphatic rings. The van der Waals surface area contributed by atoms with Crippen molar-refractivity contribution in [3.8, 4) is 11.5 Å². The Balaban J connectivity index is 1.99. The summed E-state index contributed by atoms with van der Waals surface area (Å²) in [7, 11) is 1.37. The molecule has 2 rings (SSSR count). The standard InChI is InChI=1S/C19H21FN2O5S/c1-3-27-18-10-14(16(22(24)25)11-17(18)26-2)19(23)21-8-9-28-12-13-6-4-5-7-15(13)20/h4-7,10-11H,3,8-9,12H2,1-2H3,(H,21,23). The second kappa shape index (κ2) is 10.5. The van der Waals surface area contributed by atoms with Crippen molar-refractivity contribution in [2.24, 2.45) is 0 Å². The van der Waals surface area contributed by atoms with Crippen molar-refractivity contribution in [3.05, 3.63) is 63.5 Å². The molecule has 0 fully saturated rings. The third-order valence-electron chi connectivity index (χ3n) is 3.77. The first-order valence-corrected chi connectivity index (χ1v) is 9.72. The molecule has 0 aromatic heterocycles. The van der Waals surface area contributed by atoms with E-state index < -0.39 is 10.8 Å². The molecule has 1 amide bonds. The van der Waals surface area contributed by atoms with Gasteiger partial charge in [0.05, 0.1) is 24.7 Å². The van der Waals surface area contributed by atoms with Gasteiger partial charge in [0.1, 0.15) is 11.4 Å². The van der Waals surface area contributed by atoms with Gasteiger partial charge in [0, 0.05) is 24.1 Å². The second-order valence-corrected chi connectivity index (χ2v) is 6.72. The van der Waals surface area contributed by atoms with Crippen LogP contribution in [0.1, 0.15) is 22.8 Å². The molecule has 1 N–H and O–H groups in total. The van der Waals surface area contributed by atoms with Gasteiger partial charge in [-0.2, -0.15) is 11.8 Å². The monoisotopic (exact) mass is 408 g/mol. The number of nitro groups is 1. The molecule has 28 heavy (non-hydrogen) atoms. The van der Waals surface area contributed by atoms with Crippen LogP contribution in [0.15, 0.2) is 36.4 Å². The summed E-state index contributed by atoms with van der Waals surface area (Å²) in [4.78, 5) is 23.1. The van der Waals surface area contributed by atoms with E-state index in [0.29, 0.717) is 23.7 Å². The van der Waals surface area contributed by atoms with Crippen LogP contribution in [0.5, 0.6) is 11.5 Å². The molecule has 2 aromatic carbocycles. The maximum Gasteiger partial charge on any atom is 0.286 e. The van der Waals surface area contributed by atoms with Crippen LogP contribution in [-0.4, -0.2) is 36.8 Å². The van der Waals surface area contributed by atoms with Gasteiger partial charge in [-0.15, -0.1) is 0 Å². The summed E-state index contributed by atoms with van der Waals surface area (Å²) in [6, 6.07) is 8.98. The van der Waals surface area contributed by atoms with Crippen LogP contribution >= 0.6 is 11.8 Å². The van der Waals surface area contributed by atoms with E-state index in [1.54, 1.807) is 25.1 Å². The Morgan fingerprint density at radius 3 is 2.68 bits per heavy atom. The van der Waals surface area contributed by atoms with Crippen LogP contribution in [-0.2, 0) is 5.75 Å². The van der Waals surface area contributed by atoms with Gasteiger partial charge in [-0.25, -0.2) is 4.39 Å². The van der Waals surface area contributed by atoms with Gasteiger partial charge < -0.3 is 14.8 Å². The number of rotatable bonds is 10. The Kier molecular flexibility index (Phi) is 8.06. The van der Waals surface area contributed by atoms with Crippen LogP contribution in [0, 0.1) is 15.9 Å². The highest BCUT2D eigenvalue weighted by Gasteiger charge is 2.24. The predicted molar refractivity (Wildman–Crippen MR) is 106 cm³/mol. The van der Waals surface area contributed by atoms with Crippen molar-refractivity contribution in [1.29, 1.82) is 0 Å². The van der Waals surface area contributed by atoms with Gasteiger partial charge in [0.2, 0.25) is 0 Å². The summed E-state index contributed by atoms with van der Waals surface area (Å²) in [6.07, 6.45) is 0. The van der Waals surface area contributed by atoms with Crippen LogP contribution in [0.4, 0.5) is 10.1 Å². The number of methoxy groups -OCH3 is 1. The van der Waals surface area contributed by atoms with Crippen LogP contribution in [0.3, 0.4) is 0 Å². The minimum atomic E-state index is -0.639. The summed E-state index contributed by atoms with van der Waals surface area (Å²) in [5.74, 6) is 0.598. The molecule has 7 nitrogen and oxygen atoms in total. The Bertz CT molecular complexity index is 847. The van der Waals surface area contributed by atoms with Crippen molar-refractivity contribution in [3.63, 3.8) is 0 Å². The minimum absolute atomic E-state index is 0.103. The molecule has 9 heteroatoms. The zero-order valence-electron chi connectivity index (χ0n) is 15.6. The molecule has 0 unspecified atom stereocenters. The molecule has 0 aliphatic heterocycles. The lowest BCUT2D eigenvalue weighted by Crippen LogP contribution is -2.26. The topological polar surface area (TPSA) is 90.7 Å². The lowest BCUT2D eigenvalue weighted by molar-refractivity contribution is -0.385. The van der Waals surface area contributed by atoms with E-state index in [2.05, 4.69) is 5.32 Å². The molecular formula is C19H21FN2O5S. The number of ether oxygens (including phenoxy) is 2. The molecule has 0 radical (unpaired) electrons. The highest BCUT2D eigenvalue weighted by atomic mass is 32.2. The average molecular weight is 408 g/mol. The van der Waals surface area contributed by atoms with Crippen molar-refractivity contribution in [2.45, 2.75) is 12.7 Å². The molecule has 0 heterocycles. The first-order chi connectivity index (χ1) is 13.5. The molecule has 0 atom stereocenters. The smallest absolute Gasteiger partial charge is 0.286 e. The maximum atomic E-state index is 13.6. The number of nitro benzene ring substituents is 1. The minimum Gasteiger partial charge on any atom is -0.493 e. The Labute approximate surface area is 166 Å². The number of nitrogens with zero attached hydrogens (tertiary/aromatic N) is 1. The average Bonchev–Trinajstić information content (AvgIpc) is 2.68. The number of carbonyl (C=O) groups is 1. The fraction of sp³-hybridized carbons (Fsp3) is 0.316. The van der Waals surface area contributed by atoms with Crippen molar-refractivity contribution < 1.29 is 23.6 Å². The van der Waals surface area contributed by atoms with E-state index >= 15 is 0 Å². The molecule has 2 aromatic rings. The third kappa shape index (κ3) is 5.59. The molecule has 0 spiro atoms. The molecular weight excluding hydrogens is 387 g/mol. The summed E-state index contributed by atoms with van der Waals surface area (Å²) in [6.45, 7) is 2.36. The SMILES string of the molecule is CCOc1cc(C(=O)NCCSCc2ccccc2F)c([N+](=O)[O-])cc1OC. The molecule has 0 saturated heterocycles. The number of benzene rings is 2. The Morgan fingerprint density at radius 2 is 2.04 bits per heavy atom. The first-order valence-electron chi connectivity index (χ1n) is 8.56. The molecule has 0 saturated carbocycles. The van der Waals surface area contributed by atoms with Gasteiger partial charge in [-0.05, 0) is 18.6 Å². The van der Waals surface area contributed by atoms with Gasteiger partial charge >= 0.3 is 0 Å². The summed E-state index contributed by atoms with van der Waals surface area (Å²) < 4.78 is 24.0. The van der Waals surface area contributed by atoms with Crippen molar-refractivity contribution >= 4 is 23.4 Å². The lowest BCUT2D eigenvalue weighted by Gasteiger charge is -2.12. The predicted octanol–water partition coefficient (Wildman–Crippen LogP) is 3.80. The number of nitrogens with one attached hydrogen (secondary N) is 1. The van der Waals surface area contributed by atoms with Crippen LogP contribution in [0.25, 0.3) is 0 Å². The van der Waals surface area contributed by atoms with E-state index in [0.717, 1.165) is 0 Å². The van der Waals surface area contributed by atoms with E-state index in [9.17, 15) is 19.3 Å². The van der Waals surface area contributed by atoms with E-state index in [4.69, 9.17) is 9.47 Å². The normalized spacial score (nSPS) is 10.4. The number of thioether (sulfide) groups is 1. The van der Waals surface area contributed by atoms with Gasteiger partial charge in [0.15, 0.2) is 11.5 Å². The number of hydrogen-bond acceptors (Lipinski definition) is 6. The Hall–Kier alpha value is -2.81. The van der Waals surface area contributed by atoms with Gasteiger partial charge in [-0.1, -0.05) is 18.2 Å². The fourth-order valence-corrected chi connectivity index (χ4v) is 3.28. The highest BCUT2D eigenvalue weighted by Crippen LogP contribution is 2.34. The first kappa shape index (κ1) is 21.5. The molecule has 150 valence electrons. The Morgan fingerprint density at radius 1 is 1.29 bits per heavy atom. The maximum absolute atomic E-state index is 13.6. The largest absolute Gasteiger partial charge is 0.493 e. The number of halogens is 1. The number of carbonyl (C=O) groups excluding carboxylic acids is 1. The van der Waals surface area contributed by atoms with Gasteiger partial charge in [0.25, 0.3) is 11.6 Å². The van der Waals surface area contributed by atoms with E-state index in [1.807, 2.05) is 0 Å². The van der Waals surface area contributed by atoms with Crippen LogP contribution < -0.4 is 14.8 Å². The van der Waals surface area contributed by atoms with E-state index in [1.165, 1.54) is 37.1 Å². The number of hydrogen-bond donors (Lipinski definition) is 1. The zero-order valence-corrected chi connectivity index (χ0v) is 16.4. The van der Waals surface area contributed by atoms with Crippen molar-refractivity contribution in [1.82, 2.24) is 5.32 Å². The number of amides is 1. The summed E-state index contributed by atoms with van der Waals surface area (Å²) in [5, 5.41) is 14.0. The van der Waals surface area contributed by atoms with Crippen molar-refractivity contribution in [2.75, 3.05) is 26.0 Å². The third-order valence-corrected chi connectivity index (χ3v) is 4.78. The van der Waals surface area contributed by atoms with Crippen LogP contribution in [0.2, 0.25) is 0 Å². The zero-order chi connectivity index (χ0) is 20.5. The second-order valence-electron chi connectivity index (χ2n) is 5.61. The quantitative estimate of drug-likeness (QED) is 0.365. The molecule has 0 aliphatic carbocycles. The molecule has 0 bridgehead atoms. The summed E-state index contributed by atoms with van der Waals surface area (Å²) >= 11 is 1.45. The highest BCUT2D eigenvalue weighted by molar-refractivity contribution is 7.98. The van der Waals surface area contributed by atoms with Gasteiger partial charge in [-0.3, -0.25) is 14.9 Å². The van der Waals surface area contributed by atoms with E-state index in [-0.39, 0.29) is 35.1 Å². The lowest BCUT2D eigenvalue weighted by atomic mass is 10.1.